The fourth-order valence-electron chi connectivity index (χ4n) is 2.55. The lowest BCUT2D eigenvalue weighted by atomic mass is 10.2. The Morgan fingerprint density at radius 1 is 1.42 bits per heavy atom. The lowest BCUT2D eigenvalue weighted by Gasteiger charge is -2.23. The molecular formula is C17H16N4OS2. The number of nitriles is 1. The molecular weight excluding hydrogens is 340 g/mol. The SMILES string of the molecule is CSc1nc(C2SCC(=O)N2CCc2ccccn2)ccc1C#N. The lowest BCUT2D eigenvalue weighted by Crippen LogP contribution is -2.30. The summed E-state index contributed by atoms with van der Waals surface area (Å²) >= 11 is 3.03. The predicted octanol–water partition coefficient (Wildman–Crippen LogP) is 2.89. The molecule has 1 aliphatic heterocycles. The largest absolute Gasteiger partial charge is 0.324 e. The summed E-state index contributed by atoms with van der Waals surface area (Å²) in [4.78, 5) is 23.0. The number of amides is 1. The number of hydrogen-bond acceptors (Lipinski definition) is 6. The maximum Gasteiger partial charge on any atom is 0.233 e. The first kappa shape index (κ1) is 16.8. The zero-order valence-corrected chi connectivity index (χ0v) is 14.8. The minimum absolute atomic E-state index is 0.0974. The molecule has 0 aliphatic carbocycles. The zero-order chi connectivity index (χ0) is 16.9. The summed E-state index contributed by atoms with van der Waals surface area (Å²) in [6.45, 7) is 0.615. The number of hydrogen-bond donors (Lipinski definition) is 0. The van der Waals surface area contributed by atoms with Gasteiger partial charge in [-0.3, -0.25) is 9.78 Å². The first-order chi connectivity index (χ1) is 11.7. The quantitative estimate of drug-likeness (QED) is 0.767. The molecule has 0 spiro atoms. The van der Waals surface area contributed by atoms with Crippen molar-refractivity contribution in [3.8, 4) is 6.07 Å². The van der Waals surface area contributed by atoms with E-state index in [2.05, 4.69) is 16.0 Å². The zero-order valence-electron chi connectivity index (χ0n) is 13.2. The van der Waals surface area contributed by atoms with Crippen molar-refractivity contribution in [1.82, 2.24) is 14.9 Å². The van der Waals surface area contributed by atoms with E-state index in [9.17, 15) is 4.79 Å². The summed E-state index contributed by atoms with van der Waals surface area (Å²) in [6, 6.07) is 11.6. The standard InChI is InChI=1S/C17H16N4OS2/c1-23-16-12(10-18)5-6-14(20-16)17-21(15(22)11-24-17)9-7-13-4-2-3-8-19-13/h2-6,8,17H,7,9,11H2,1H3. The molecule has 3 rings (SSSR count). The summed E-state index contributed by atoms with van der Waals surface area (Å²) in [5.41, 5.74) is 2.37. The first-order valence-electron chi connectivity index (χ1n) is 7.49. The van der Waals surface area contributed by atoms with Crippen LogP contribution >= 0.6 is 23.5 Å². The highest BCUT2D eigenvalue weighted by Crippen LogP contribution is 2.38. The normalized spacial score (nSPS) is 17.1. The van der Waals surface area contributed by atoms with Gasteiger partial charge in [-0.25, -0.2) is 4.98 Å². The van der Waals surface area contributed by atoms with Crippen molar-refractivity contribution in [2.24, 2.45) is 0 Å². The summed E-state index contributed by atoms with van der Waals surface area (Å²) < 4.78 is 0. The maximum atomic E-state index is 12.3. The van der Waals surface area contributed by atoms with E-state index < -0.39 is 0 Å². The van der Waals surface area contributed by atoms with Gasteiger partial charge in [-0.1, -0.05) is 6.07 Å². The molecule has 0 aromatic carbocycles. The van der Waals surface area contributed by atoms with Crippen molar-refractivity contribution < 1.29 is 4.79 Å². The maximum absolute atomic E-state index is 12.3. The molecule has 0 N–H and O–H groups in total. The average molecular weight is 356 g/mol. The van der Waals surface area contributed by atoms with E-state index >= 15 is 0 Å². The predicted molar refractivity (Wildman–Crippen MR) is 95.6 cm³/mol. The third-order valence-electron chi connectivity index (χ3n) is 3.75. The third-order valence-corrected chi connectivity index (χ3v) is 5.67. The van der Waals surface area contributed by atoms with Crippen LogP contribution in [0.5, 0.6) is 0 Å². The van der Waals surface area contributed by atoms with Gasteiger partial charge in [0.05, 0.1) is 17.0 Å². The molecule has 3 heterocycles. The Labute approximate surface area is 149 Å². The minimum atomic E-state index is -0.0974. The Morgan fingerprint density at radius 2 is 2.29 bits per heavy atom. The summed E-state index contributed by atoms with van der Waals surface area (Å²) in [5.74, 6) is 0.584. The molecule has 24 heavy (non-hydrogen) atoms. The average Bonchev–Trinajstić information content (AvgIpc) is 3.00. The van der Waals surface area contributed by atoms with Gasteiger partial charge in [0.1, 0.15) is 16.5 Å². The molecule has 1 amide bonds. The molecule has 0 saturated carbocycles. The van der Waals surface area contributed by atoms with Crippen LogP contribution in [-0.2, 0) is 11.2 Å². The second-order valence-corrected chi connectivity index (χ2v) is 7.09. The van der Waals surface area contributed by atoms with Crippen LogP contribution in [-0.4, -0.2) is 39.3 Å². The second-order valence-electron chi connectivity index (χ2n) is 5.23. The fraction of sp³-hybridized carbons (Fsp3) is 0.294. The van der Waals surface area contributed by atoms with Crippen LogP contribution < -0.4 is 0 Å². The van der Waals surface area contributed by atoms with Crippen LogP contribution in [0.25, 0.3) is 0 Å². The Hall–Kier alpha value is -2.04. The van der Waals surface area contributed by atoms with E-state index in [1.54, 1.807) is 24.0 Å². The van der Waals surface area contributed by atoms with Crippen molar-refractivity contribution in [1.29, 1.82) is 5.26 Å². The van der Waals surface area contributed by atoms with Gasteiger partial charge < -0.3 is 4.90 Å². The highest BCUT2D eigenvalue weighted by Gasteiger charge is 2.33. The van der Waals surface area contributed by atoms with Crippen LogP contribution in [0.4, 0.5) is 0 Å². The number of aromatic nitrogens is 2. The molecule has 2 aromatic rings. The van der Waals surface area contributed by atoms with E-state index in [0.717, 1.165) is 17.8 Å². The van der Waals surface area contributed by atoms with Gasteiger partial charge in [-0.05, 0) is 30.5 Å². The van der Waals surface area contributed by atoms with Gasteiger partial charge in [0.2, 0.25) is 5.91 Å². The number of carbonyl (C=O) groups is 1. The number of thioether (sulfide) groups is 2. The third kappa shape index (κ3) is 3.55. The molecule has 2 aromatic heterocycles. The van der Waals surface area contributed by atoms with Crippen LogP contribution in [0.1, 0.15) is 22.3 Å². The lowest BCUT2D eigenvalue weighted by molar-refractivity contribution is -0.128. The number of carbonyl (C=O) groups excluding carboxylic acids is 1. The number of rotatable bonds is 5. The topological polar surface area (TPSA) is 69.9 Å². The van der Waals surface area contributed by atoms with Crippen molar-refractivity contribution >= 4 is 29.4 Å². The van der Waals surface area contributed by atoms with Crippen LogP contribution in [0.2, 0.25) is 0 Å². The highest BCUT2D eigenvalue weighted by molar-refractivity contribution is 8.00. The van der Waals surface area contributed by atoms with E-state index in [0.29, 0.717) is 22.9 Å². The van der Waals surface area contributed by atoms with E-state index in [1.807, 2.05) is 35.4 Å². The van der Waals surface area contributed by atoms with Gasteiger partial charge >= 0.3 is 0 Å². The number of nitrogens with zero attached hydrogens (tertiary/aromatic N) is 4. The second kappa shape index (κ2) is 7.69. The van der Waals surface area contributed by atoms with Crippen molar-refractivity contribution in [2.45, 2.75) is 16.8 Å². The Morgan fingerprint density at radius 3 is 3.00 bits per heavy atom. The molecule has 0 bridgehead atoms. The Kier molecular flexibility index (Phi) is 5.38. The molecule has 1 unspecified atom stereocenters. The molecule has 0 radical (unpaired) electrons. The molecule has 1 fully saturated rings. The van der Waals surface area contributed by atoms with Crippen LogP contribution in [0.15, 0.2) is 41.6 Å². The Bertz CT molecular complexity index is 776. The molecule has 1 atom stereocenters. The Balaban J connectivity index is 1.79. The van der Waals surface area contributed by atoms with Gasteiger partial charge in [0.25, 0.3) is 0 Å². The van der Waals surface area contributed by atoms with Crippen molar-refractivity contribution in [3.05, 3.63) is 53.5 Å². The van der Waals surface area contributed by atoms with Crippen molar-refractivity contribution in [2.75, 3.05) is 18.6 Å². The molecule has 122 valence electrons. The number of pyridine rings is 2. The van der Waals surface area contributed by atoms with Crippen LogP contribution in [0.3, 0.4) is 0 Å². The first-order valence-corrected chi connectivity index (χ1v) is 9.76. The van der Waals surface area contributed by atoms with Crippen molar-refractivity contribution in [3.63, 3.8) is 0 Å². The molecule has 1 saturated heterocycles. The van der Waals surface area contributed by atoms with Gasteiger partial charge in [0.15, 0.2) is 0 Å². The van der Waals surface area contributed by atoms with E-state index in [1.165, 1.54) is 11.8 Å². The summed E-state index contributed by atoms with van der Waals surface area (Å²) in [6.07, 6.45) is 4.38. The van der Waals surface area contributed by atoms with E-state index in [-0.39, 0.29) is 11.3 Å². The monoisotopic (exact) mass is 356 g/mol. The van der Waals surface area contributed by atoms with Crippen LogP contribution in [0, 0.1) is 11.3 Å². The van der Waals surface area contributed by atoms with Gasteiger partial charge in [-0.15, -0.1) is 23.5 Å². The summed E-state index contributed by atoms with van der Waals surface area (Å²) in [7, 11) is 0. The van der Waals surface area contributed by atoms with E-state index in [4.69, 9.17) is 5.26 Å². The summed E-state index contributed by atoms with van der Waals surface area (Å²) in [5, 5.41) is 9.74. The molecule has 7 heteroatoms. The highest BCUT2D eigenvalue weighted by atomic mass is 32.2. The smallest absolute Gasteiger partial charge is 0.233 e. The van der Waals surface area contributed by atoms with Gasteiger partial charge in [0, 0.05) is 24.9 Å². The minimum Gasteiger partial charge on any atom is -0.324 e. The molecule has 5 nitrogen and oxygen atoms in total. The fourth-order valence-corrected chi connectivity index (χ4v) is 4.26. The molecule has 1 aliphatic rings. The van der Waals surface area contributed by atoms with Gasteiger partial charge in [-0.2, -0.15) is 5.26 Å².